The number of anilines is 1. The molecule has 0 radical (unpaired) electrons. The van der Waals surface area contributed by atoms with Crippen molar-refractivity contribution in [1.82, 2.24) is 0 Å². The van der Waals surface area contributed by atoms with Gasteiger partial charge in [0.25, 0.3) is 0 Å². The van der Waals surface area contributed by atoms with Gasteiger partial charge >= 0.3 is 0 Å². The van der Waals surface area contributed by atoms with Gasteiger partial charge in [0, 0.05) is 5.69 Å². The van der Waals surface area contributed by atoms with Gasteiger partial charge in [0.05, 0.1) is 19.1 Å². The Kier molecular flexibility index (Phi) is 3.29. The fraction of sp³-hybridized carbons (Fsp3) is 0.188. The molecule has 1 atom stereocenters. The van der Waals surface area contributed by atoms with E-state index in [4.69, 9.17) is 4.74 Å². The average molecular weight is 253 g/mol. The van der Waals surface area contributed by atoms with Gasteiger partial charge in [-0.25, -0.2) is 0 Å². The molecule has 0 bridgehead atoms. The molecule has 3 rings (SSSR count). The summed E-state index contributed by atoms with van der Waals surface area (Å²) in [5.41, 5.74) is 3.13. The van der Waals surface area contributed by atoms with Crippen molar-refractivity contribution in [2.75, 3.05) is 5.32 Å². The minimum atomic E-state index is -0.125. The molecule has 0 spiro atoms. The van der Waals surface area contributed by atoms with Gasteiger partial charge in [-0.3, -0.25) is 4.79 Å². The lowest BCUT2D eigenvalue weighted by molar-refractivity contribution is -0.118. The van der Waals surface area contributed by atoms with E-state index in [9.17, 15) is 4.79 Å². The molecule has 2 aromatic rings. The maximum atomic E-state index is 12.0. The van der Waals surface area contributed by atoms with E-state index in [2.05, 4.69) is 5.32 Å². The van der Waals surface area contributed by atoms with Crippen molar-refractivity contribution in [3.8, 4) is 0 Å². The molecule has 0 saturated carbocycles. The van der Waals surface area contributed by atoms with Crippen LogP contribution in [0.15, 0.2) is 54.6 Å². The summed E-state index contributed by atoms with van der Waals surface area (Å²) in [6.45, 7) is 0.597. The Balaban J connectivity index is 1.65. The number of hydrogen-bond donors (Lipinski definition) is 1. The summed E-state index contributed by atoms with van der Waals surface area (Å²) >= 11 is 0. The first-order valence-electron chi connectivity index (χ1n) is 6.37. The molecule has 19 heavy (non-hydrogen) atoms. The molecular weight excluding hydrogens is 238 g/mol. The number of ether oxygens (including phenoxy) is 1. The van der Waals surface area contributed by atoms with Crippen molar-refractivity contribution in [3.63, 3.8) is 0 Å². The number of benzene rings is 2. The summed E-state index contributed by atoms with van der Waals surface area (Å²) in [4.78, 5) is 12.0. The molecule has 0 aromatic heterocycles. The fourth-order valence-electron chi connectivity index (χ4n) is 2.33. The van der Waals surface area contributed by atoms with Crippen molar-refractivity contribution in [2.45, 2.75) is 19.1 Å². The number of carbonyl (C=O) groups excluding carboxylic acids is 1. The minimum Gasteiger partial charge on any atom is -0.368 e. The molecular formula is C16H15NO2. The van der Waals surface area contributed by atoms with Crippen LogP contribution >= 0.6 is 0 Å². The van der Waals surface area contributed by atoms with Crippen molar-refractivity contribution < 1.29 is 9.53 Å². The van der Waals surface area contributed by atoms with Crippen molar-refractivity contribution in [2.24, 2.45) is 0 Å². The van der Waals surface area contributed by atoms with Gasteiger partial charge in [0.15, 0.2) is 0 Å². The molecule has 0 aliphatic carbocycles. The summed E-state index contributed by atoms with van der Waals surface area (Å²) < 4.78 is 5.67. The van der Waals surface area contributed by atoms with Gasteiger partial charge < -0.3 is 10.1 Å². The largest absolute Gasteiger partial charge is 0.368 e. The zero-order valence-electron chi connectivity index (χ0n) is 10.5. The van der Waals surface area contributed by atoms with E-state index in [1.807, 2.05) is 54.6 Å². The fourth-order valence-corrected chi connectivity index (χ4v) is 2.33. The number of hydrogen-bond acceptors (Lipinski definition) is 2. The zero-order chi connectivity index (χ0) is 13.1. The van der Waals surface area contributed by atoms with Crippen molar-refractivity contribution >= 4 is 11.6 Å². The van der Waals surface area contributed by atoms with Crippen LogP contribution in [-0.2, 0) is 16.1 Å². The third-order valence-electron chi connectivity index (χ3n) is 3.27. The highest BCUT2D eigenvalue weighted by atomic mass is 16.5. The number of fused-ring (bicyclic) bond motifs is 1. The highest BCUT2D eigenvalue weighted by molar-refractivity contribution is 5.91. The van der Waals surface area contributed by atoms with Crippen molar-refractivity contribution in [1.29, 1.82) is 0 Å². The van der Waals surface area contributed by atoms with Crippen LogP contribution in [0.5, 0.6) is 0 Å². The summed E-state index contributed by atoms with van der Waals surface area (Å²) in [5.74, 6) is -0.0205. The third-order valence-corrected chi connectivity index (χ3v) is 3.27. The molecule has 3 heteroatoms. The molecule has 0 fully saturated rings. The predicted molar refractivity (Wildman–Crippen MR) is 73.7 cm³/mol. The average Bonchev–Trinajstić information content (AvgIpc) is 2.83. The lowest BCUT2D eigenvalue weighted by Crippen LogP contribution is -2.15. The normalized spacial score (nSPS) is 16.9. The summed E-state index contributed by atoms with van der Waals surface area (Å²) in [6.07, 6.45) is 0.228. The number of carbonyl (C=O) groups is 1. The lowest BCUT2D eigenvalue weighted by atomic mass is 10.0. The topological polar surface area (TPSA) is 38.3 Å². The molecule has 3 nitrogen and oxygen atoms in total. The van der Waals surface area contributed by atoms with E-state index < -0.39 is 0 Å². The SMILES string of the molecule is O=C(CC1OCc2ccccc21)Nc1ccccc1. The predicted octanol–water partition coefficient (Wildman–Crippen LogP) is 3.29. The standard InChI is InChI=1S/C16H15NO2/c18-16(17-13-7-2-1-3-8-13)10-15-14-9-5-4-6-12(14)11-19-15/h1-9,15H,10-11H2,(H,17,18). The second kappa shape index (κ2) is 5.24. The maximum Gasteiger partial charge on any atom is 0.227 e. The van der Waals surface area contributed by atoms with Crippen LogP contribution in [0.25, 0.3) is 0 Å². The third kappa shape index (κ3) is 2.66. The zero-order valence-corrected chi connectivity index (χ0v) is 10.5. The molecule has 1 unspecified atom stereocenters. The van der Waals surface area contributed by atoms with Crippen LogP contribution in [0.2, 0.25) is 0 Å². The van der Waals surface area contributed by atoms with Gasteiger partial charge in [-0.15, -0.1) is 0 Å². The van der Waals surface area contributed by atoms with Gasteiger partial charge in [-0.2, -0.15) is 0 Å². The van der Waals surface area contributed by atoms with Crippen LogP contribution in [-0.4, -0.2) is 5.91 Å². The van der Waals surface area contributed by atoms with E-state index in [1.54, 1.807) is 0 Å². The Labute approximate surface area is 112 Å². The molecule has 1 N–H and O–H groups in total. The number of amides is 1. The Hall–Kier alpha value is -2.13. The molecule has 1 aliphatic rings. The second-order valence-corrected chi connectivity index (χ2v) is 4.62. The Morgan fingerprint density at radius 1 is 1.11 bits per heavy atom. The monoisotopic (exact) mass is 253 g/mol. The first-order valence-corrected chi connectivity index (χ1v) is 6.37. The molecule has 1 amide bonds. The van der Waals surface area contributed by atoms with Crippen LogP contribution in [0.3, 0.4) is 0 Å². The second-order valence-electron chi connectivity index (χ2n) is 4.62. The number of para-hydroxylation sites is 1. The molecule has 1 heterocycles. The van der Waals surface area contributed by atoms with Gasteiger partial charge in [-0.1, -0.05) is 42.5 Å². The highest BCUT2D eigenvalue weighted by Gasteiger charge is 2.24. The van der Waals surface area contributed by atoms with Gasteiger partial charge in [0.1, 0.15) is 0 Å². The Morgan fingerprint density at radius 2 is 1.84 bits per heavy atom. The number of rotatable bonds is 3. The molecule has 96 valence electrons. The van der Waals surface area contributed by atoms with E-state index in [0.717, 1.165) is 11.3 Å². The molecule has 2 aromatic carbocycles. The van der Waals surface area contributed by atoms with E-state index >= 15 is 0 Å². The van der Waals surface area contributed by atoms with E-state index in [0.29, 0.717) is 13.0 Å². The summed E-state index contributed by atoms with van der Waals surface area (Å²) in [7, 11) is 0. The van der Waals surface area contributed by atoms with Crippen LogP contribution < -0.4 is 5.32 Å². The maximum absolute atomic E-state index is 12.0. The summed E-state index contributed by atoms with van der Waals surface area (Å²) in [6, 6.07) is 17.5. The smallest absolute Gasteiger partial charge is 0.227 e. The highest BCUT2D eigenvalue weighted by Crippen LogP contribution is 2.32. The Bertz CT molecular complexity index is 580. The molecule has 0 saturated heterocycles. The molecule has 1 aliphatic heterocycles. The van der Waals surface area contributed by atoms with Gasteiger partial charge in [-0.05, 0) is 23.3 Å². The van der Waals surface area contributed by atoms with Crippen LogP contribution in [0.1, 0.15) is 23.7 Å². The first kappa shape index (κ1) is 11.9. The van der Waals surface area contributed by atoms with Gasteiger partial charge in [0.2, 0.25) is 5.91 Å². The quantitative estimate of drug-likeness (QED) is 0.911. The number of nitrogens with one attached hydrogen (secondary N) is 1. The summed E-state index contributed by atoms with van der Waals surface area (Å²) in [5, 5.41) is 2.88. The van der Waals surface area contributed by atoms with Crippen LogP contribution in [0.4, 0.5) is 5.69 Å². The minimum absolute atomic E-state index is 0.0205. The van der Waals surface area contributed by atoms with E-state index in [-0.39, 0.29) is 12.0 Å². The lowest BCUT2D eigenvalue weighted by Gasteiger charge is -2.11. The Morgan fingerprint density at radius 3 is 2.68 bits per heavy atom. The van der Waals surface area contributed by atoms with Crippen molar-refractivity contribution in [3.05, 3.63) is 65.7 Å². The van der Waals surface area contributed by atoms with E-state index in [1.165, 1.54) is 5.56 Å². The first-order chi connectivity index (χ1) is 9.33. The van der Waals surface area contributed by atoms with Crippen LogP contribution in [0, 0.1) is 0 Å².